The third-order valence-corrected chi connectivity index (χ3v) is 3.58. The number of rotatable bonds is 1. The lowest BCUT2D eigenvalue weighted by Crippen LogP contribution is -2.30. The number of halogens is 1. The molecule has 0 radical (unpaired) electrons. The number of aryl methyl sites for hydroxylation is 1. The smallest absolute Gasteiger partial charge is 0.282 e. The number of benzene rings is 1. The summed E-state index contributed by atoms with van der Waals surface area (Å²) in [5, 5.41) is 1.16. The number of carbonyl (C=O) groups is 1. The van der Waals surface area contributed by atoms with Crippen LogP contribution in [0.3, 0.4) is 0 Å². The molecule has 4 heteroatoms. The molecule has 0 fully saturated rings. The quantitative estimate of drug-likeness (QED) is 0.722. The number of fused-ring (bicyclic) bond motifs is 3. The Morgan fingerprint density at radius 2 is 2.05 bits per heavy atom. The van der Waals surface area contributed by atoms with Gasteiger partial charge >= 0.3 is 0 Å². The molecule has 3 nitrogen and oxygen atoms in total. The largest absolute Gasteiger partial charge is 0.343 e. The number of amides is 1. The number of aromatic nitrogens is 1. The Bertz CT molecular complexity index is 659. The Balaban J connectivity index is 2.01. The summed E-state index contributed by atoms with van der Waals surface area (Å²) < 4.78 is 15.2. The normalized spacial score (nSPS) is 15.1. The van der Waals surface area contributed by atoms with Gasteiger partial charge in [-0.05, 0) is 23.9 Å². The lowest BCUT2D eigenvalue weighted by atomic mass is 10.2. The van der Waals surface area contributed by atoms with Crippen LogP contribution in [0, 0.1) is 0 Å². The number of carbonyl (C=O) groups excluding carboxylic acids is 1. The Kier molecular flexibility index (Phi) is 2.85. The van der Waals surface area contributed by atoms with Gasteiger partial charge < -0.3 is 9.47 Å². The predicted octanol–water partition coefficient (Wildman–Crippen LogP) is 2.86. The van der Waals surface area contributed by atoms with Gasteiger partial charge in [0.25, 0.3) is 5.91 Å². The van der Waals surface area contributed by atoms with Crippen molar-refractivity contribution in [2.75, 3.05) is 6.54 Å². The van der Waals surface area contributed by atoms with Gasteiger partial charge in [0.1, 0.15) is 0 Å². The zero-order valence-corrected chi connectivity index (χ0v) is 10.6. The second-order valence-corrected chi connectivity index (χ2v) is 4.83. The molecule has 1 aliphatic heterocycles. The molecular formula is C15H15FN2O. The molecule has 0 N–H and O–H groups in total. The Morgan fingerprint density at radius 3 is 2.84 bits per heavy atom. The highest BCUT2D eigenvalue weighted by molar-refractivity contribution is 5.90. The molecule has 0 bridgehead atoms. The molecule has 98 valence electrons. The van der Waals surface area contributed by atoms with Crippen molar-refractivity contribution < 1.29 is 9.18 Å². The summed E-state index contributed by atoms with van der Waals surface area (Å²) >= 11 is 0. The van der Waals surface area contributed by atoms with E-state index >= 15 is 0 Å². The van der Waals surface area contributed by atoms with Crippen LogP contribution in [0.2, 0.25) is 0 Å². The highest BCUT2D eigenvalue weighted by Crippen LogP contribution is 2.24. The zero-order valence-electron chi connectivity index (χ0n) is 10.6. The van der Waals surface area contributed by atoms with E-state index in [0.717, 1.165) is 24.0 Å². The Labute approximate surface area is 110 Å². The minimum absolute atomic E-state index is 0.441. The third kappa shape index (κ3) is 2.03. The van der Waals surface area contributed by atoms with Gasteiger partial charge in [-0.25, -0.2) is 4.39 Å². The maximum absolute atomic E-state index is 13.0. The molecule has 3 rings (SSSR count). The summed E-state index contributed by atoms with van der Waals surface area (Å²) in [6.07, 6.45) is 0.824. The van der Waals surface area contributed by atoms with Crippen LogP contribution in [-0.4, -0.2) is 21.9 Å². The van der Waals surface area contributed by atoms with E-state index in [0.29, 0.717) is 13.1 Å². The van der Waals surface area contributed by atoms with Crippen molar-refractivity contribution in [1.29, 1.82) is 0 Å². The van der Waals surface area contributed by atoms with Crippen LogP contribution in [0.25, 0.3) is 10.9 Å². The van der Waals surface area contributed by atoms with Crippen LogP contribution < -0.4 is 0 Å². The average molecular weight is 258 g/mol. The molecule has 1 aromatic heterocycles. The maximum atomic E-state index is 13.0. The first-order valence-electron chi connectivity index (χ1n) is 6.37. The van der Waals surface area contributed by atoms with Gasteiger partial charge in [0.2, 0.25) is 0 Å². The molecule has 0 spiro atoms. The summed E-state index contributed by atoms with van der Waals surface area (Å²) in [5.41, 5.74) is 2.22. The Hall–Kier alpha value is -2.10. The summed E-state index contributed by atoms with van der Waals surface area (Å²) in [7, 11) is 0. The van der Waals surface area contributed by atoms with E-state index in [9.17, 15) is 9.18 Å². The first kappa shape index (κ1) is 12.0. The molecule has 1 aliphatic rings. The van der Waals surface area contributed by atoms with Crippen molar-refractivity contribution in [3.05, 3.63) is 48.4 Å². The van der Waals surface area contributed by atoms with Gasteiger partial charge in [-0.2, -0.15) is 0 Å². The van der Waals surface area contributed by atoms with E-state index in [1.807, 2.05) is 12.1 Å². The molecule has 1 amide bonds. The number of hydrogen-bond acceptors (Lipinski definition) is 1. The highest BCUT2D eigenvalue weighted by Gasteiger charge is 2.22. The van der Waals surface area contributed by atoms with Crippen molar-refractivity contribution in [1.82, 2.24) is 9.47 Å². The van der Waals surface area contributed by atoms with Gasteiger partial charge in [0.05, 0.1) is 6.54 Å². The number of para-hydroxylation sites is 1. The molecule has 1 aromatic carbocycles. The summed E-state index contributed by atoms with van der Waals surface area (Å²) in [6, 6.07) is 10.2. The second kappa shape index (κ2) is 4.53. The van der Waals surface area contributed by atoms with E-state index in [-0.39, 0.29) is 0 Å². The fraction of sp³-hybridized carbons (Fsp3) is 0.267. The standard InChI is InChI=1S/C15H15FN2O/c1-11(16)15(19)17-7-4-8-18-13(10-17)9-12-5-2-3-6-14(12)18/h2-3,5-6,9H,1,4,7-8,10H2. The maximum Gasteiger partial charge on any atom is 0.282 e. The van der Waals surface area contributed by atoms with Crippen molar-refractivity contribution in [2.24, 2.45) is 0 Å². The molecular weight excluding hydrogens is 243 g/mol. The SMILES string of the molecule is C=C(F)C(=O)N1CCCn2c(cc3ccccc32)C1. The van der Waals surface area contributed by atoms with E-state index in [2.05, 4.69) is 29.3 Å². The summed E-state index contributed by atoms with van der Waals surface area (Å²) in [4.78, 5) is 13.2. The van der Waals surface area contributed by atoms with Crippen LogP contribution in [0.1, 0.15) is 12.1 Å². The average Bonchev–Trinajstić information content (AvgIpc) is 2.61. The first-order valence-corrected chi connectivity index (χ1v) is 6.37. The van der Waals surface area contributed by atoms with Crippen molar-refractivity contribution in [3.63, 3.8) is 0 Å². The molecule has 2 heterocycles. The first-order chi connectivity index (χ1) is 9.16. The van der Waals surface area contributed by atoms with E-state index in [4.69, 9.17) is 0 Å². The predicted molar refractivity (Wildman–Crippen MR) is 72.2 cm³/mol. The van der Waals surface area contributed by atoms with Gasteiger partial charge in [-0.15, -0.1) is 0 Å². The molecule has 0 aliphatic carbocycles. The van der Waals surface area contributed by atoms with E-state index in [1.54, 1.807) is 0 Å². The fourth-order valence-electron chi connectivity index (χ4n) is 2.70. The van der Waals surface area contributed by atoms with Gasteiger partial charge in [-0.1, -0.05) is 24.8 Å². The van der Waals surface area contributed by atoms with Crippen molar-refractivity contribution >= 4 is 16.8 Å². The molecule has 0 atom stereocenters. The lowest BCUT2D eigenvalue weighted by molar-refractivity contribution is -0.129. The minimum Gasteiger partial charge on any atom is -0.343 e. The molecule has 0 unspecified atom stereocenters. The van der Waals surface area contributed by atoms with Crippen LogP contribution in [0.4, 0.5) is 4.39 Å². The monoisotopic (exact) mass is 258 g/mol. The van der Waals surface area contributed by atoms with Crippen LogP contribution in [0.15, 0.2) is 42.7 Å². The topological polar surface area (TPSA) is 25.2 Å². The number of nitrogens with zero attached hydrogens (tertiary/aromatic N) is 2. The molecule has 2 aromatic rings. The summed E-state index contributed by atoms with van der Waals surface area (Å²) in [5.74, 6) is -1.48. The lowest BCUT2D eigenvalue weighted by Gasteiger charge is -2.18. The molecule has 19 heavy (non-hydrogen) atoms. The fourth-order valence-corrected chi connectivity index (χ4v) is 2.70. The number of hydrogen-bond donors (Lipinski definition) is 0. The second-order valence-electron chi connectivity index (χ2n) is 4.83. The highest BCUT2D eigenvalue weighted by atomic mass is 19.1. The van der Waals surface area contributed by atoms with Crippen LogP contribution in [-0.2, 0) is 17.9 Å². The van der Waals surface area contributed by atoms with Gasteiger partial charge in [0, 0.05) is 24.3 Å². The van der Waals surface area contributed by atoms with Gasteiger partial charge in [0.15, 0.2) is 5.83 Å². The van der Waals surface area contributed by atoms with Gasteiger partial charge in [-0.3, -0.25) is 4.79 Å². The van der Waals surface area contributed by atoms with Crippen LogP contribution in [0.5, 0.6) is 0 Å². The van der Waals surface area contributed by atoms with Crippen molar-refractivity contribution in [3.8, 4) is 0 Å². The molecule has 0 saturated heterocycles. The van der Waals surface area contributed by atoms with E-state index in [1.165, 1.54) is 10.4 Å². The van der Waals surface area contributed by atoms with Crippen LogP contribution >= 0.6 is 0 Å². The summed E-state index contributed by atoms with van der Waals surface area (Å²) in [6.45, 7) is 4.96. The minimum atomic E-state index is -0.885. The molecule has 0 saturated carbocycles. The zero-order chi connectivity index (χ0) is 13.4. The third-order valence-electron chi connectivity index (χ3n) is 3.58. The Morgan fingerprint density at radius 1 is 1.26 bits per heavy atom. The van der Waals surface area contributed by atoms with E-state index < -0.39 is 11.7 Å². The van der Waals surface area contributed by atoms with Crippen molar-refractivity contribution in [2.45, 2.75) is 19.5 Å².